The highest BCUT2D eigenvalue weighted by Gasteiger charge is 2.21. The highest BCUT2D eigenvalue weighted by molar-refractivity contribution is 5.77. The van der Waals surface area contributed by atoms with Gasteiger partial charge in [-0.25, -0.2) is 19.3 Å². The quantitative estimate of drug-likeness (QED) is 0.302. The SMILES string of the molecule is C=CCn1c(=O)c2cnc(Nc3ccc(N4CC(C)NC(C)C4)cc3)nc2n1-c1cccc(-c2cnccn2)n1. The van der Waals surface area contributed by atoms with Gasteiger partial charge >= 0.3 is 0 Å². The fraction of sp³-hybridized carbons (Fsp3) is 0.241. The molecule has 2 atom stereocenters. The minimum atomic E-state index is -0.225. The maximum Gasteiger partial charge on any atom is 0.278 e. The van der Waals surface area contributed by atoms with Gasteiger partial charge in [0.05, 0.1) is 18.4 Å². The molecule has 6 rings (SSSR count). The Morgan fingerprint density at radius 2 is 1.80 bits per heavy atom. The Kier molecular flexibility index (Phi) is 6.79. The molecule has 1 fully saturated rings. The molecule has 1 aliphatic rings. The summed E-state index contributed by atoms with van der Waals surface area (Å²) in [4.78, 5) is 38.1. The van der Waals surface area contributed by atoms with Gasteiger partial charge in [0.25, 0.3) is 5.56 Å². The Balaban J connectivity index is 1.35. The highest BCUT2D eigenvalue weighted by atomic mass is 16.1. The molecule has 11 heteroatoms. The maximum absolute atomic E-state index is 13.3. The highest BCUT2D eigenvalue weighted by Crippen LogP contribution is 2.23. The van der Waals surface area contributed by atoms with E-state index < -0.39 is 0 Å². The lowest BCUT2D eigenvalue weighted by Gasteiger charge is -2.37. The first-order valence-electron chi connectivity index (χ1n) is 13.2. The summed E-state index contributed by atoms with van der Waals surface area (Å²) in [5.41, 5.74) is 3.49. The predicted octanol–water partition coefficient (Wildman–Crippen LogP) is 3.55. The van der Waals surface area contributed by atoms with Crippen molar-refractivity contribution in [3.8, 4) is 17.2 Å². The van der Waals surface area contributed by atoms with Crippen LogP contribution in [0, 0.1) is 0 Å². The first-order chi connectivity index (χ1) is 19.5. The van der Waals surface area contributed by atoms with E-state index in [9.17, 15) is 4.79 Å². The molecule has 2 N–H and O–H groups in total. The van der Waals surface area contributed by atoms with Crippen LogP contribution >= 0.6 is 0 Å². The van der Waals surface area contributed by atoms with Gasteiger partial charge in [0, 0.05) is 55.1 Å². The largest absolute Gasteiger partial charge is 0.368 e. The summed E-state index contributed by atoms with van der Waals surface area (Å²) in [5, 5.41) is 7.24. The first kappa shape index (κ1) is 25.4. The van der Waals surface area contributed by atoms with Gasteiger partial charge in [-0.15, -0.1) is 6.58 Å². The van der Waals surface area contributed by atoms with Crippen molar-refractivity contribution in [1.29, 1.82) is 0 Å². The number of fused-ring (bicyclic) bond motifs is 1. The summed E-state index contributed by atoms with van der Waals surface area (Å²) in [6.45, 7) is 10.4. The van der Waals surface area contributed by atoms with Crippen LogP contribution in [-0.4, -0.2) is 59.5 Å². The first-order valence-corrected chi connectivity index (χ1v) is 13.2. The second kappa shape index (κ2) is 10.7. The molecule has 0 bridgehead atoms. The van der Waals surface area contributed by atoms with Crippen LogP contribution in [0.1, 0.15) is 13.8 Å². The molecule has 0 spiro atoms. The Labute approximate surface area is 231 Å². The second-order valence-electron chi connectivity index (χ2n) is 9.94. The molecule has 5 heterocycles. The second-order valence-corrected chi connectivity index (χ2v) is 9.94. The lowest BCUT2D eigenvalue weighted by Crippen LogP contribution is -2.54. The number of hydrogen-bond donors (Lipinski definition) is 2. The van der Waals surface area contributed by atoms with E-state index in [4.69, 9.17) is 9.97 Å². The molecular formula is C29H30N10O. The molecule has 1 aromatic carbocycles. The monoisotopic (exact) mass is 534 g/mol. The number of allylic oxidation sites excluding steroid dienone is 1. The zero-order valence-electron chi connectivity index (χ0n) is 22.4. The number of rotatable bonds is 7. The van der Waals surface area contributed by atoms with E-state index in [0.717, 1.165) is 18.8 Å². The van der Waals surface area contributed by atoms with Crippen LogP contribution in [0.15, 0.2) is 84.7 Å². The van der Waals surface area contributed by atoms with E-state index in [1.54, 1.807) is 40.2 Å². The Morgan fingerprint density at radius 1 is 1.00 bits per heavy atom. The Bertz CT molecular complexity index is 1700. The topological polar surface area (TPSA) is 119 Å². The average molecular weight is 535 g/mol. The smallest absolute Gasteiger partial charge is 0.278 e. The zero-order valence-corrected chi connectivity index (χ0v) is 22.4. The normalized spacial score (nSPS) is 17.2. The molecule has 5 aromatic rings. The van der Waals surface area contributed by atoms with Gasteiger partial charge in [0.15, 0.2) is 11.5 Å². The summed E-state index contributed by atoms with van der Waals surface area (Å²) >= 11 is 0. The lowest BCUT2D eigenvalue weighted by atomic mass is 10.1. The van der Waals surface area contributed by atoms with Crippen LogP contribution in [0.5, 0.6) is 0 Å². The van der Waals surface area contributed by atoms with E-state index in [-0.39, 0.29) is 12.1 Å². The average Bonchev–Trinajstić information content (AvgIpc) is 3.24. The molecule has 2 unspecified atom stereocenters. The number of nitrogens with zero attached hydrogens (tertiary/aromatic N) is 8. The third-order valence-electron chi connectivity index (χ3n) is 6.80. The van der Waals surface area contributed by atoms with Gasteiger partial charge in [-0.05, 0) is 50.2 Å². The standard InChI is InChI=1S/C29H30N10O/c1-4-14-38-28(40)23-15-32-29(34-21-8-10-22(11-9-21)37-17-19(2)33-20(3)18-37)36-27(23)39(38)26-7-5-6-24(35-26)25-16-30-12-13-31-25/h4-13,15-16,19-20,33H,1,14,17-18H2,2-3H3,(H,32,34,36). The van der Waals surface area contributed by atoms with E-state index in [2.05, 4.69) is 63.0 Å². The van der Waals surface area contributed by atoms with E-state index in [1.165, 1.54) is 5.69 Å². The molecule has 0 amide bonds. The fourth-order valence-electron chi connectivity index (χ4n) is 5.15. The molecule has 1 aliphatic heterocycles. The summed E-state index contributed by atoms with van der Waals surface area (Å²) in [6, 6.07) is 14.6. The van der Waals surface area contributed by atoms with E-state index in [1.807, 2.05) is 30.3 Å². The van der Waals surface area contributed by atoms with Gasteiger partial charge in [-0.2, -0.15) is 4.98 Å². The predicted molar refractivity (Wildman–Crippen MR) is 156 cm³/mol. The van der Waals surface area contributed by atoms with E-state index >= 15 is 0 Å². The number of benzene rings is 1. The minimum absolute atomic E-state index is 0.225. The molecule has 40 heavy (non-hydrogen) atoms. The third kappa shape index (κ3) is 4.94. The van der Waals surface area contributed by atoms with Crippen molar-refractivity contribution in [3.63, 3.8) is 0 Å². The molecule has 0 radical (unpaired) electrons. The van der Waals surface area contributed by atoms with Crippen molar-refractivity contribution in [2.45, 2.75) is 32.5 Å². The van der Waals surface area contributed by atoms with Crippen molar-refractivity contribution in [1.82, 2.24) is 39.6 Å². The lowest BCUT2D eigenvalue weighted by molar-refractivity contribution is 0.407. The number of piperazine rings is 1. The zero-order chi connectivity index (χ0) is 27.6. The summed E-state index contributed by atoms with van der Waals surface area (Å²) in [6.07, 6.45) is 8.09. The Hall–Kier alpha value is -4.90. The molecule has 0 aliphatic carbocycles. The number of anilines is 3. The molecule has 202 valence electrons. The number of hydrogen-bond acceptors (Lipinski definition) is 9. The van der Waals surface area contributed by atoms with Crippen molar-refractivity contribution < 1.29 is 0 Å². The van der Waals surface area contributed by atoms with Gasteiger partial charge in [-0.1, -0.05) is 12.1 Å². The maximum atomic E-state index is 13.3. The van der Waals surface area contributed by atoms with Gasteiger partial charge in [0.2, 0.25) is 5.95 Å². The molecule has 4 aromatic heterocycles. The summed E-state index contributed by atoms with van der Waals surface area (Å²) in [5.74, 6) is 0.893. The van der Waals surface area contributed by atoms with Crippen molar-refractivity contribution in [2.75, 3.05) is 23.3 Å². The van der Waals surface area contributed by atoms with Crippen LogP contribution in [0.4, 0.5) is 17.3 Å². The Morgan fingerprint density at radius 3 is 2.52 bits per heavy atom. The molecular weight excluding hydrogens is 504 g/mol. The molecule has 0 saturated carbocycles. The van der Waals surface area contributed by atoms with Crippen LogP contribution in [0.2, 0.25) is 0 Å². The number of aromatic nitrogens is 7. The van der Waals surface area contributed by atoms with Crippen molar-refractivity contribution in [2.24, 2.45) is 0 Å². The molecule has 11 nitrogen and oxygen atoms in total. The molecule has 1 saturated heterocycles. The van der Waals surface area contributed by atoms with E-state index in [0.29, 0.717) is 46.3 Å². The third-order valence-corrected chi connectivity index (χ3v) is 6.80. The van der Waals surface area contributed by atoms with Crippen LogP contribution in [0.3, 0.4) is 0 Å². The van der Waals surface area contributed by atoms with Crippen molar-refractivity contribution >= 4 is 28.4 Å². The van der Waals surface area contributed by atoms with Crippen LogP contribution in [-0.2, 0) is 6.54 Å². The summed E-state index contributed by atoms with van der Waals surface area (Å²) in [7, 11) is 0. The summed E-state index contributed by atoms with van der Waals surface area (Å²) < 4.78 is 3.24. The minimum Gasteiger partial charge on any atom is -0.368 e. The van der Waals surface area contributed by atoms with Crippen LogP contribution < -0.4 is 21.1 Å². The number of nitrogens with one attached hydrogen (secondary N) is 2. The van der Waals surface area contributed by atoms with Gasteiger partial charge < -0.3 is 15.5 Å². The fourth-order valence-corrected chi connectivity index (χ4v) is 5.15. The van der Waals surface area contributed by atoms with Gasteiger partial charge in [-0.3, -0.25) is 14.8 Å². The number of pyridine rings is 1. The van der Waals surface area contributed by atoms with Crippen LogP contribution in [0.25, 0.3) is 28.2 Å². The van der Waals surface area contributed by atoms with Crippen molar-refractivity contribution in [3.05, 3.63) is 90.3 Å². The van der Waals surface area contributed by atoms with Gasteiger partial charge in [0.1, 0.15) is 11.1 Å².